The summed E-state index contributed by atoms with van der Waals surface area (Å²) < 4.78 is 10.5. The minimum absolute atomic E-state index is 0.105. The van der Waals surface area contributed by atoms with Crippen molar-refractivity contribution in [3.63, 3.8) is 0 Å². The van der Waals surface area contributed by atoms with Crippen LogP contribution >= 0.6 is 23.2 Å². The number of nitrogens with zero attached hydrogens (tertiary/aromatic N) is 2. The van der Waals surface area contributed by atoms with E-state index < -0.39 is 22.5 Å². The van der Waals surface area contributed by atoms with Crippen LogP contribution in [0, 0.1) is 16.7 Å². The molecule has 1 unspecified atom stereocenters. The minimum Gasteiger partial charge on any atom is -0.460 e. The van der Waals surface area contributed by atoms with Gasteiger partial charge in [0.15, 0.2) is 0 Å². The fourth-order valence-corrected chi connectivity index (χ4v) is 5.72. The smallest absolute Gasteiger partial charge is 0.460 e. The Morgan fingerprint density at radius 1 is 1.18 bits per heavy atom. The van der Waals surface area contributed by atoms with Crippen molar-refractivity contribution in [3.8, 4) is 0 Å². The van der Waals surface area contributed by atoms with Crippen LogP contribution in [0.3, 0.4) is 0 Å². The second-order valence-corrected chi connectivity index (χ2v) is 13.2. The second kappa shape index (κ2) is 11.2. The van der Waals surface area contributed by atoms with Crippen LogP contribution in [0.1, 0.15) is 73.3 Å². The average molecular weight is 582 g/mol. The summed E-state index contributed by atoms with van der Waals surface area (Å²) in [6.07, 6.45) is 4.35. The third kappa shape index (κ3) is 6.50. The van der Waals surface area contributed by atoms with E-state index in [1.54, 1.807) is 24.4 Å². The lowest BCUT2D eigenvalue weighted by atomic mass is 9.65. The van der Waals surface area contributed by atoms with Crippen molar-refractivity contribution in [2.75, 3.05) is 7.11 Å². The molecule has 1 saturated carbocycles. The van der Waals surface area contributed by atoms with Crippen LogP contribution in [0.5, 0.6) is 0 Å². The molecule has 0 spiro atoms. The predicted molar refractivity (Wildman–Crippen MR) is 152 cm³/mol. The third-order valence-electron chi connectivity index (χ3n) is 8.05. The van der Waals surface area contributed by atoms with Crippen LogP contribution in [0.4, 0.5) is 4.79 Å². The molecule has 0 radical (unpaired) electrons. The van der Waals surface area contributed by atoms with Crippen molar-refractivity contribution in [2.45, 2.75) is 85.9 Å². The Hall–Kier alpha value is -2.42. The summed E-state index contributed by atoms with van der Waals surface area (Å²) in [5, 5.41) is 3.93. The topological polar surface area (TPSA) is 94.1 Å². The Labute approximate surface area is 241 Å². The Balaban J connectivity index is 1.70. The molecule has 1 aromatic carbocycles. The Morgan fingerprint density at radius 2 is 1.85 bits per heavy atom. The summed E-state index contributed by atoms with van der Waals surface area (Å²) in [6.45, 7) is 13.5. The summed E-state index contributed by atoms with van der Waals surface area (Å²) in [7, 11) is 1.33. The van der Waals surface area contributed by atoms with Gasteiger partial charge in [-0.3, -0.25) is 9.59 Å². The lowest BCUT2D eigenvalue weighted by molar-refractivity contribution is -0.716. The van der Waals surface area contributed by atoms with Crippen LogP contribution in [-0.2, 0) is 25.6 Å². The van der Waals surface area contributed by atoms with Crippen molar-refractivity contribution in [2.24, 2.45) is 21.7 Å². The van der Waals surface area contributed by atoms with Gasteiger partial charge in [0.25, 0.3) is 0 Å². The SMILES string of the molecule is COC(=O)[N@+]1(Cc2ccc(Cl)c(Cl)c2)C=NC(CC(C)NC(=O)[C@@H]2CC[C@](C)(C(=O)OC(C)(C)C)C2(C)C)=C1. The van der Waals surface area contributed by atoms with Gasteiger partial charge in [-0.15, -0.1) is 4.48 Å². The van der Waals surface area contributed by atoms with Gasteiger partial charge in [0.1, 0.15) is 24.0 Å². The van der Waals surface area contributed by atoms with Crippen molar-refractivity contribution in [1.82, 2.24) is 5.32 Å². The number of carbonyl (C=O) groups excluding carboxylic acids is 3. The number of benzene rings is 1. The highest BCUT2D eigenvalue weighted by Crippen LogP contribution is 2.57. The second-order valence-electron chi connectivity index (χ2n) is 12.4. The molecule has 1 N–H and O–H groups in total. The first-order chi connectivity index (χ1) is 17.9. The average Bonchev–Trinajstić information content (AvgIpc) is 3.33. The molecule has 3 rings (SSSR count). The quantitative estimate of drug-likeness (QED) is 0.288. The maximum atomic E-state index is 13.4. The zero-order chi connectivity index (χ0) is 29.4. The molecule has 10 heteroatoms. The number of esters is 1. The molecule has 1 fully saturated rings. The van der Waals surface area contributed by atoms with E-state index in [0.717, 1.165) is 5.56 Å². The van der Waals surface area contributed by atoms with Gasteiger partial charge in [0.2, 0.25) is 12.2 Å². The lowest BCUT2D eigenvalue weighted by Crippen LogP contribution is -2.48. The van der Waals surface area contributed by atoms with Crippen LogP contribution < -0.4 is 5.32 Å². The van der Waals surface area contributed by atoms with Gasteiger partial charge in [-0.05, 0) is 65.0 Å². The number of amides is 2. The maximum Gasteiger partial charge on any atom is 0.526 e. The summed E-state index contributed by atoms with van der Waals surface area (Å²) in [5.41, 5.74) is -0.528. The van der Waals surface area contributed by atoms with Crippen molar-refractivity contribution >= 4 is 47.5 Å². The molecular weight excluding hydrogens is 541 g/mol. The van der Waals surface area contributed by atoms with Gasteiger partial charge in [0, 0.05) is 23.9 Å². The number of hydrogen-bond donors (Lipinski definition) is 1. The molecule has 39 heavy (non-hydrogen) atoms. The fraction of sp³-hybridized carbons (Fsp3) is 0.586. The third-order valence-corrected chi connectivity index (χ3v) is 8.79. The molecule has 1 aromatic rings. The Kier molecular flexibility index (Phi) is 8.95. The molecule has 0 aromatic heterocycles. The number of halogens is 2. The molecule has 1 heterocycles. The van der Waals surface area contributed by atoms with E-state index in [2.05, 4.69) is 10.3 Å². The summed E-state index contributed by atoms with van der Waals surface area (Å²) in [6, 6.07) is 4.94. The highest BCUT2D eigenvalue weighted by Gasteiger charge is 2.59. The molecule has 2 aliphatic rings. The van der Waals surface area contributed by atoms with Crippen LogP contribution in [0.25, 0.3) is 0 Å². The molecule has 8 nitrogen and oxygen atoms in total. The molecular formula is C29H40Cl2N3O5+. The first-order valence-electron chi connectivity index (χ1n) is 13.1. The number of hydrogen-bond acceptors (Lipinski definition) is 6. The molecule has 0 bridgehead atoms. The largest absolute Gasteiger partial charge is 0.526 e. The van der Waals surface area contributed by atoms with Crippen LogP contribution in [-0.4, -0.2) is 47.5 Å². The molecule has 0 saturated heterocycles. The predicted octanol–water partition coefficient (Wildman–Crippen LogP) is 6.64. The Morgan fingerprint density at radius 3 is 2.44 bits per heavy atom. The fourth-order valence-electron chi connectivity index (χ4n) is 5.40. The van der Waals surface area contributed by atoms with Crippen LogP contribution in [0.2, 0.25) is 10.0 Å². The molecule has 2 amide bonds. The molecule has 1 aliphatic heterocycles. The highest BCUT2D eigenvalue weighted by atomic mass is 35.5. The van der Waals surface area contributed by atoms with Gasteiger partial charge >= 0.3 is 12.1 Å². The number of quaternary nitrogens is 1. The highest BCUT2D eigenvalue weighted by molar-refractivity contribution is 6.42. The van der Waals surface area contributed by atoms with Gasteiger partial charge in [-0.1, -0.05) is 43.1 Å². The zero-order valence-electron chi connectivity index (χ0n) is 24.1. The van der Waals surface area contributed by atoms with Crippen LogP contribution in [0.15, 0.2) is 35.1 Å². The number of methoxy groups -OCH3 is 1. The lowest BCUT2D eigenvalue weighted by Gasteiger charge is -2.40. The van der Waals surface area contributed by atoms with E-state index in [1.807, 2.05) is 48.5 Å². The standard InChI is InChI=1S/C29H39Cl2N3O5/c1-18(33-24(35)21-11-12-29(7,28(21,5)6)25(36)39-27(2,3)4)13-20-16-34(17-32-20,26(37)38-8)15-19-9-10-22(30)23(31)14-19/h9-10,14,16-18,21H,11-13,15H2,1-8H3/p+1/t18?,21-,29+,34-/m0/s1. The van der Waals surface area contributed by atoms with E-state index >= 15 is 0 Å². The minimum atomic E-state index is -0.772. The van der Waals surface area contributed by atoms with Gasteiger partial charge in [0.05, 0.1) is 22.6 Å². The van der Waals surface area contributed by atoms with E-state index in [0.29, 0.717) is 35.0 Å². The number of ether oxygens (including phenoxy) is 2. The summed E-state index contributed by atoms with van der Waals surface area (Å²) in [5.74, 6) is -0.724. The number of nitrogens with one attached hydrogen (secondary N) is 1. The van der Waals surface area contributed by atoms with Crippen molar-refractivity contribution in [3.05, 3.63) is 45.7 Å². The van der Waals surface area contributed by atoms with E-state index in [9.17, 15) is 14.4 Å². The maximum absolute atomic E-state index is 13.4. The normalized spacial score (nSPS) is 26.6. The van der Waals surface area contributed by atoms with E-state index in [4.69, 9.17) is 32.7 Å². The van der Waals surface area contributed by atoms with Gasteiger partial charge < -0.3 is 14.8 Å². The Bertz CT molecular complexity index is 1210. The van der Waals surface area contributed by atoms with E-state index in [-0.39, 0.29) is 34.9 Å². The first kappa shape index (κ1) is 31.1. The van der Waals surface area contributed by atoms with Crippen molar-refractivity contribution < 1.29 is 28.3 Å². The summed E-state index contributed by atoms with van der Waals surface area (Å²) >= 11 is 12.2. The molecule has 4 atom stereocenters. The van der Waals surface area contributed by atoms with Gasteiger partial charge in [-0.2, -0.15) is 4.79 Å². The first-order valence-corrected chi connectivity index (χ1v) is 13.9. The zero-order valence-corrected chi connectivity index (χ0v) is 25.6. The summed E-state index contributed by atoms with van der Waals surface area (Å²) in [4.78, 5) is 43.8. The number of carbonyl (C=O) groups is 3. The number of aliphatic imine (C=N–C) groups is 1. The van der Waals surface area contributed by atoms with Gasteiger partial charge in [-0.25, -0.2) is 4.99 Å². The van der Waals surface area contributed by atoms with Crippen molar-refractivity contribution in [1.29, 1.82) is 0 Å². The molecule has 1 aliphatic carbocycles. The molecule has 214 valence electrons. The number of rotatable bonds is 7. The van der Waals surface area contributed by atoms with E-state index in [1.165, 1.54) is 13.4 Å². The monoisotopic (exact) mass is 580 g/mol.